The van der Waals surface area contributed by atoms with Crippen LogP contribution in [0.3, 0.4) is 0 Å². The second-order valence-electron chi connectivity index (χ2n) is 8.48. The molecule has 0 bridgehead atoms. The molecule has 4 rings (SSSR count). The van der Waals surface area contributed by atoms with Crippen LogP contribution in [0.4, 0.5) is 0 Å². The van der Waals surface area contributed by atoms with Crippen LogP contribution < -0.4 is 15.7 Å². The van der Waals surface area contributed by atoms with E-state index < -0.39 is 5.97 Å². The van der Waals surface area contributed by atoms with Gasteiger partial charge in [-0.05, 0) is 68.9 Å². The molecule has 0 aliphatic heterocycles. The van der Waals surface area contributed by atoms with Gasteiger partial charge in [0.15, 0.2) is 6.61 Å². The summed E-state index contributed by atoms with van der Waals surface area (Å²) >= 11 is 6.38. The van der Waals surface area contributed by atoms with Crippen molar-refractivity contribution in [2.24, 2.45) is 11.8 Å². The Balaban J connectivity index is 1.35. The normalized spacial score (nSPS) is 20.8. The van der Waals surface area contributed by atoms with Crippen molar-refractivity contribution in [2.45, 2.75) is 51.4 Å². The Bertz CT molecular complexity index is 1050. The van der Waals surface area contributed by atoms with Crippen LogP contribution in [0, 0.1) is 11.8 Å². The van der Waals surface area contributed by atoms with Gasteiger partial charge >= 0.3 is 11.6 Å². The van der Waals surface area contributed by atoms with Crippen LogP contribution in [-0.4, -0.2) is 30.1 Å². The van der Waals surface area contributed by atoms with E-state index in [9.17, 15) is 14.4 Å². The van der Waals surface area contributed by atoms with E-state index in [-0.39, 0.29) is 30.0 Å². The SMILES string of the molecule is O=C(COc1cc2oc(=O)c3c(c2cc1Cl)CCCC3)NC[C@H]1CC[C@H](C(=O)O)CC1. The maximum absolute atomic E-state index is 12.3. The third-order valence-corrected chi connectivity index (χ3v) is 6.71. The zero-order valence-electron chi connectivity index (χ0n) is 17.2. The van der Waals surface area contributed by atoms with Gasteiger partial charge in [-0.2, -0.15) is 0 Å². The lowest BCUT2D eigenvalue weighted by Gasteiger charge is -2.26. The van der Waals surface area contributed by atoms with Crippen LogP contribution >= 0.6 is 11.6 Å². The fourth-order valence-electron chi connectivity index (χ4n) is 4.62. The van der Waals surface area contributed by atoms with E-state index >= 15 is 0 Å². The van der Waals surface area contributed by atoms with Crippen LogP contribution in [0.5, 0.6) is 5.75 Å². The van der Waals surface area contributed by atoms with Crippen molar-refractivity contribution in [3.05, 3.63) is 38.7 Å². The number of carbonyl (C=O) groups is 2. The Kier molecular flexibility index (Phi) is 6.51. The maximum Gasteiger partial charge on any atom is 0.339 e. The number of halogens is 1. The lowest BCUT2D eigenvalue weighted by atomic mass is 9.82. The second kappa shape index (κ2) is 9.30. The minimum atomic E-state index is -0.737. The number of rotatable bonds is 6. The van der Waals surface area contributed by atoms with Crippen molar-refractivity contribution in [1.29, 1.82) is 0 Å². The van der Waals surface area contributed by atoms with Gasteiger partial charge in [-0.1, -0.05) is 11.6 Å². The molecule has 8 heteroatoms. The molecule has 2 N–H and O–H groups in total. The molecule has 1 aromatic heterocycles. The fourth-order valence-corrected chi connectivity index (χ4v) is 4.84. The highest BCUT2D eigenvalue weighted by atomic mass is 35.5. The predicted molar refractivity (Wildman–Crippen MR) is 116 cm³/mol. The first kappa shape index (κ1) is 21.7. The Morgan fingerprint density at radius 2 is 1.84 bits per heavy atom. The molecule has 2 aromatic rings. The minimum Gasteiger partial charge on any atom is -0.482 e. The summed E-state index contributed by atoms with van der Waals surface area (Å²) in [6.45, 7) is 0.297. The first-order valence-corrected chi connectivity index (χ1v) is 11.2. The predicted octanol–water partition coefficient (Wildman–Crippen LogP) is 3.71. The summed E-state index contributed by atoms with van der Waals surface area (Å²) in [7, 11) is 0. The molecular weight excluding hydrogens is 422 g/mol. The smallest absolute Gasteiger partial charge is 0.339 e. The van der Waals surface area contributed by atoms with Gasteiger partial charge in [-0.15, -0.1) is 0 Å². The largest absolute Gasteiger partial charge is 0.482 e. The Morgan fingerprint density at radius 1 is 1.13 bits per heavy atom. The number of aryl methyl sites for hydroxylation is 1. The van der Waals surface area contributed by atoms with E-state index in [1.54, 1.807) is 12.1 Å². The molecule has 1 saturated carbocycles. The first-order valence-electron chi connectivity index (χ1n) is 10.8. The Hall–Kier alpha value is -2.54. The van der Waals surface area contributed by atoms with Gasteiger partial charge in [-0.3, -0.25) is 9.59 Å². The number of carboxylic acids is 1. The number of carbonyl (C=O) groups excluding carboxylic acids is 1. The molecule has 1 amide bonds. The van der Waals surface area contributed by atoms with Gasteiger partial charge in [0.1, 0.15) is 11.3 Å². The Labute approximate surface area is 184 Å². The zero-order valence-corrected chi connectivity index (χ0v) is 18.0. The van der Waals surface area contributed by atoms with Gasteiger partial charge in [0.05, 0.1) is 10.9 Å². The van der Waals surface area contributed by atoms with Crippen molar-refractivity contribution in [1.82, 2.24) is 5.32 Å². The van der Waals surface area contributed by atoms with Crippen LogP contribution in [0.1, 0.15) is 49.7 Å². The molecule has 2 aliphatic rings. The number of nitrogens with one attached hydrogen (secondary N) is 1. The number of benzene rings is 1. The summed E-state index contributed by atoms with van der Waals surface area (Å²) in [6, 6.07) is 3.33. The number of hydrogen-bond donors (Lipinski definition) is 2. The van der Waals surface area contributed by atoms with Gasteiger partial charge in [0, 0.05) is 23.6 Å². The lowest BCUT2D eigenvalue weighted by Crippen LogP contribution is -2.35. The number of fused-ring (bicyclic) bond motifs is 3. The maximum atomic E-state index is 12.3. The van der Waals surface area contributed by atoms with Crippen LogP contribution in [-0.2, 0) is 22.4 Å². The van der Waals surface area contributed by atoms with Crippen LogP contribution in [0.25, 0.3) is 11.0 Å². The van der Waals surface area contributed by atoms with E-state index in [0.717, 1.165) is 55.0 Å². The van der Waals surface area contributed by atoms with Crippen molar-refractivity contribution in [3.8, 4) is 5.75 Å². The van der Waals surface area contributed by atoms with Crippen molar-refractivity contribution in [3.63, 3.8) is 0 Å². The van der Waals surface area contributed by atoms with Crippen LogP contribution in [0.2, 0.25) is 5.02 Å². The minimum absolute atomic E-state index is 0.204. The quantitative estimate of drug-likeness (QED) is 0.654. The molecule has 166 valence electrons. The molecule has 1 heterocycles. The van der Waals surface area contributed by atoms with Gasteiger partial charge in [0.25, 0.3) is 5.91 Å². The number of aliphatic carboxylic acids is 1. The monoisotopic (exact) mass is 447 g/mol. The zero-order chi connectivity index (χ0) is 22.0. The number of amides is 1. The van der Waals surface area contributed by atoms with E-state index in [1.807, 2.05) is 0 Å². The second-order valence-corrected chi connectivity index (χ2v) is 8.89. The van der Waals surface area contributed by atoms with E-state index in [2.05, 4.69) is 5.32 Å². The van der Waals surface area contributed by atoms with Crippen LogP contribution in [0.15, 0.2) is 21.3 Å². The molecule has 1 fully saturated rings. The Morgan fingerprint density at radius 3 is 2.55 bits per heavy atom. The highest BCUT2D eigenvalue weighted by Gasteiger charge is 2.26. The van der Waals surface area contributed by atoms with E-state index in [4.69, 9.17) is 25.9 Å². The van der Waals surface area contributed by atoms with E-state index in [1.165, 1.54) is 0 Å². The molecule has 1 aromatic carbocycles. The third-order valence-electron chi connectivity index (χ3n) is 6.42. The number of ether oxygens (including phenoxy) is 1. The summed E-state index contributed by atoms with van der Waals surface area (Å²) in [4.78, 5) is 35.5. The highest BCUT2D eigenvalue weighted by Crippen LogP contribution is 2.34. The summed E-state index contributed by atoms with van der Waals surface area (Å²) in [5.41, 5.74) is 1.84. The topological polar surface area (TPSA) is 106 Å². The molecule has 0 saturated heterocycles. The van der Waals surface area contributed by atoms with E-state index in [0.29, 0.717) is 35.7 Å². The molecule has 31 heavy (non-hydrogen) atoms. The highest BCUT2D eigenvalue weighted by molar-refractivity contribution is 6.32. The fraction of sp³-hybridized carbons (Fsp3) is 0.522. The van der Waals surface area contributed by atoms with Crippen molar-refractivity contribution in [2.75, 3.05) is 13.2 Å². The summed E-state index contributed by atoms with van der Waals surface area (Å²) in [6.07, 6.45) is 6.43. The average molecular weight is 448 g/mol. The summed E-state index contributed by atoms with van der Waals surface area (Å²) in [5, 5.41) is 13.1. The van der Waals surface area contributed by atoms with Crippen molar-refractivity contribution >= 4 is 34.4 Å². The van der Waals surface area contributed by atoms with Crippen molar-refractivity contribution < 1.29 is 23.8 Å². The molecular formula is C23H26ClNO6. The first-order chi connectivity index (χ1) is 14.9. The summed E-state index contributed by atoms with van der Waals surface area (Å²) < 4.78 is 11.1. The standard InChI is InChI=1S/C23H26ClNO6/c24-18-9-17-15-3-1-2-4-16(15)23(29)31-19(17)10-20(18)30-12-21(26)25-11-13-5-7-14(8-6-13)22(27)28/h9-10,13-14H,1-8,11-12H2,(H,25,26)(H,27,28)/t13-,14-. The molecule has 0 unspecified atom stereocenters. The number of carboxylic acid groups (broad SMARTS) is 1. The molecule has 0 atom stereocenters. The molecule has 2 aliphatic carbocycles. The van der Waals surface area contributed by atoms with Gasteiger partial charge in [-0.25, -0.2) is 4.79 Å². The molecule has 7 nitrogen and oxygen atoms in total. The third kappa shape index (κ3) is 4.87. The lowest BCUT2D eigenvalue weighted by molar-refractivity contribution is -0.143. The number of hydrogen-bond acceptors (Lipinski definition) is 5. The molecule has 0 spiro atoms. The van der Waals surface area contributed by atoms with Gasteiger partial charge in [0.2, 0.25) is 0 Å². The van der Waals surface area contributed by atoms with Gasteiger partial charge < -0.3 is 19.6 Å². The average Bonchev–Trinajstić information content (AvgIpc) is 2.77. The molecule has 0 radical (unpaired) electrons. The summed E-state index contributed by atoms with van der Waals surface area (Å²) in [5.74, 6) is -0.701.